The molecule has 0 aromatic carbocycles. The van der Waals surface area contributed by atoms with Gasteiger partial charge in [0.05, 0.1) is 28.6 Å². The van der Waals surface area contributed by atoms with Crippen LogP contribution in [0, 0.1) is 6.92 Å². The molecule has 1 fully saturated rings. The minimum Gasteiger partial charge on any atom is -0.365 e. The van der Waals surface area contributed by atoms with E-state index in [1.54, 1.807) is 0 Å². The summed E-state index contributed by atoms with van der Waals surface area (Å²) in [5, 5.41) is 7.41. The van der Waals surface area contributed by atoms with Crippen LogP contribution in [0.3, 0.4) is 0 Å². The van der Waals surface area contributed by atoms with Crippen LogP contribution in [-0.2, 0) is 0 Å². The topological polar surface area (TPSA) is 54.2 Å². The highest BCUT2D eigenvalue weighted by Crippen LogP contribution is 2.24. The molecule has 112 valence electrons. The normalized spacial score (nSPS) is 15.0. The van der Waals surface area contributed by atoms with Crippen molar-refractivity contribution in [2.45, 2.75) is 13.0 Å². The Balaban J connectivity index is 1.77. The lowest BCUT2D eigenvalue weighted by atomic mass is 10.1. The smallest absolute Gasteiger partial charge is 0.137 e. The summed E-state index contributed by atoms with van der Waals surface area (Å²) in [6.45, 7) is 4.03. The first-order chi connectivity index (χ1) is 10.7. The Hall–Kier alpha value is -2.11. The largest absolute Gasteiger partial charge is 0.365 e. The van der Waals surface area contributed by atoms with Gasteiger partial charge in [-0.2, -0.15) is 0 Å². The summed E-state index contributed by atoms with van der Waals surface area (Å²) in [5.74, 6) is 0.931. The van der Waals surface area contributed by atoms with Gasteiger partial charge in [0.25, 0.3) is 0 Å². The highest BCUT2D eigenvalue weighted by molar-refractivity contribution is 6.30. The Morgan fingerprint density at radius 3 is 2.91 bits per heavy atom. The van der Waals surface area contributed by atoms with E-state index in [0.29, 0.717) is 11.1 Å². The first-order valence-corrected chi connectivity index (χ1v) is 7.66. The van der Waals surface area contributed by atoms with Crippen LogP contribution in [0.1, 0.15) is 5.56 Å². The third-order valence-corrected chi connectivity index (χ3v) is 4.17. The van der Waals surface area contributed by atoms with Gasteiger partial charge in [0.2, 0.25) is 0 Å². The van der Waals surface area contributed by atoms with Crippen LogP contribution in [0.15, 0.2) is 36.7 Å². The van der Waals surface area contributed by atoms with E-state index < -0.39 is 0 Å². The van der Waals surface area contributed by atoms with Gasteiger partial charge in [-0.3, -0.25) is 4.40 Å². The van der Waals surface area contributed by atoms with Crippen molar-refractivity contribution >= 4 is 23.1 Å². The third kappa shape index (κ3) is 2.32. The maximum absolute atomic E-state index is 6.10. The summed E-state index contributed by atoms with van der Waals surface area (Å²) in [6, 6.07) is 8.30. The predicted molar refractivity (Wildman–Crippen MR) is 88.5 cm³/mol. The summed E-state index contributed by atoms with van der Waals surface area (Å²) in [6.07, 6.45) is 3.70. The zero-order chi connectivity index (χ0) is 15.1. The SMILES string of the molecule is Cc1ccc(-c2cnc3ccc(Cl)cn23)nc1NC1CNC1. The molecule has 22 heavy (non-hydrogen) atoms. The Kier molecular flexibility index (Phi) is 3.24. The Labute approximate surface area is 133 Å². The van der Waals surface area contributed by atoms with Gasteiger partial charge < -0.3 is 10.6 Å². The molecule has 1 aliphatic rings. The second kappa shape index (κ2) is 5.26. The van der Waals surface area contributed by atoms with Crippen LogP contribution in [0.4, 0.5) is 5.82 Å². The minimum atomic E-state index is 0.457. The van der Waals surface area contributed by atoms with E-state index in [-0.39, 0.29) is 0 Å². The standard InChI is InChI=1S/C16H16ClN5/c1-10-2-4-13(21-16(10)20-12-6-18-7-12)14-8-19-15-5-3-11(17)9-22(14)15/h2-5,8-9,12,18H,6-7H2,1H3,(H,20,21). The van der Waals surface area contributed by atoms with Crippen LogP contribution < -0.4 is 10.6 Å². The highest BCUT2D eigenvalue weighted by atomic mass is 35.5. The van der Waals surface area contributed by atoms with E-state index in [1.165, 1.54) is 0 Å². The molecule has 1 saturated heterocycles. The molecule has 3 aromatic heterocycles. The molecule has 4 rings (SSSR count). The van der Waals surface area contributed by atoms with Gasteiger partial charge >= 0.3 is 0 Å². The minimum absolute atomic E-state index is 0.457. The lowest BCUT2D eigenvalue weighted by Crippen LogP contribution is -2.51. The number of hydrogen-bond donors (Lipinski definition) is 2. The van der Waals surface area contributed by atoms with Crippen molar-refractivity contribution in [2.75, 3.05) is 18.4 Å². The summed E-state index contributed by atoms with van der Waals surface area (Å²) in [4.78, 5) is 9.18. The third-order valence-electron chi connectivity index (χ3n) is 3.95. The number of aromatic nitrogens is 3. The maximum Gasteiger partial charge on any atom is 0.137 e. The predicted octanol–water partition coefficient (Wildman–Crippen LogP) is 2.74. The van der Waals surface area contributed by atoms with Gasteiger partial charge in [-0.15, -0.1) is 0 Å². The van der Waals surface area contributed by atoms with E-state index in [2.05, 4.69) is 28.6 Å². The molecule has 0 amide bonds. The van der Waals surface area contributed by atoms with Crippen molar-refractivity contribution in [3.8, 4) is 11.4 Å². The number of fused-ring (bicyclic) bond motifs is 1. The average molecular weight is 314 g/mol. The molecule has 0 radical (unpaired) electrons. The molecular weight excluding hydrogens is 298 g/mol. The van der Waals surface area contributed by atoms with Crippen molar-refractivity contribution < 1.29 is 0 Å². The zero-order valence-corrected chi connectivity index (χ0v) is 12.9. The average Bonchev–Trinajstić information content (AvgIpc) is 2.87. The van der Waals surface area contributed by atoms with Gasteiger partial charge in [-0.1, -0.05) is 17.7 Å². The number of nitrogens with one attached hydrogen (secondary N) is 2. The van der Waals surface area contributed by atoms with Gasteiger partial charge in [0, 0.05) is 19.3 Å². The number of pyridine rings is 2. The first-order valence-electron chi connectivity index (χ1n) is 7.28. The number of halogens is 1. The van der Waals surface area contributed by atoms with Gasteiger partial charge in [0.15, 0.2) is 0 Å². The fourth-order valence-corrected chi connectivity index (χ4v) is 2.71. The summed E-state index contributed by atoms with van der Waals surface area (Å²) >= 11 is 6.10. The number of rotatable bonds is 3. The summed E-state index contributed by atoms with van der Waals surface area (Å²) < 4.78 is 1.97. The molecule has 0 atom stereocenters. The number of aryl methyl sites for hydroxylation is 1. The van der Waals surface area contributed by atoms with Crippen molar-refractivity contribution in [2.24, 2.45) is 0 Å². The van der Waals surface area contributed by atoms with E-state index in [1.807, 2.05) is 35.0 Å². The van der Waals surface area contributed by atoms with E-state index in [0.717, 1.165) is 41.5 Å². The summed E-state index contributed by atoms with van der Waals surface area (Å²) in [7, 11) is 0. The van der Waals surface area contributed by atoms with E-state index >= 15 is 0 Å². The lowest BCUT2D eigenvalue weighted by Gasteiger charge is -2.29. The lowest BCUT2D eigenvalue weighted by molar-refractivity contribution is 0.471. The van der Waals surface area contributed by atoms with Gasteiger partial charge in [0.1, 0.15) is 11.5 Å². The Bertz CT molecular complexity index is 838. The van der Waals surface area contributed by atoms with Crippen molar-refractivity contribution in [3.05, 3.63) is 47.2 Å². The van der Waals surface area contributed by atoms with Crippen LogP contribution in [-0.4, -0.2) is 33.5 Å². The highest BCUT2D eigenvalue weighted by Gasteiger charge is 2.18. The molecule has 5 nitrogen and oxygen atoms in total. The molecule has 3 aromatic rings. The molecular formula is C16H16ClN5. The molecule has 0 saturated carbocycles. The molecule has 4 heterocycles. The van der Waals surface area contributed by atoms with Crippen LogP contribution in [0.2, 0.25) is 5.02 Å². The second-order valence-corrected chi connectivity index (χ2v) is 6.02. The van der Waals surface area contributed by atoms with E-state index in [9.17, 15) is 0 Å². The van der Waals surface area contributed by atoms with Crippen molar-refractivity contribution in [1.29, 1.82) is 0 Å². The molecule has 0 unspecified atom stereocenters. The number of anilines is 1. The molecule has 6 heteroatoms. The van der Waals surface area contributed by atoms with Crippen LogP contribution >= 0.6 is 11.6 Å². The van der Waals surface area contributed by atoms with Crippen LogP contribution in [0.25, 0.3) is 17.0 Å². The number of hydrogen-bond acceptors (Lipinski definition) is 4. The molecule has 0 bridgehead atoms. The summed E-state index contributed by atoms with van der Waals surface area (Å²) in [5.41, 5.74) is 3.82. The fraction of sp³-hybridized carbons (Fsp3) is 0.250. The molecule has 0 aliphatic carbocycles. The van der Waals surface area contributed by atoms with Crippen LogP contribution in [0.5, 0.6) is 0 Å². The van der Waals surface area contributed by atoms with E-state index in [4.69, 9.17) is 16.6 Å². The number of imidazole rings is 1. The van der Waals surface area contributed by atoms with Crippen molar-refractivity contribution in [3.63, 3.8) is 0 Å². The first kappa shape index (κ1) is 13.5. The fourth-order valence-electron chi connectivity index (χ4n) is 2.55. The van der Waals surface area contributed by atoms with Gasteiger partial charge in [-0.05, 0) is 30.7 Å². The zero-order valence-electron chi connectivity index (χ0n) is 12.2. The Morgan fingerprint density at radius 1 is 1.27 bits per heavy atom. The molecule has 0 spiro atoms. The van der Waals surface area contributed by atoms with Gasteiger partial charge in [-0.25, -0.2) is 9.97 Å². The Morgan fingerprint density at radius 2 is 2.14 bits per heavy atom. The maximum atomic E-state index is 6.10. The van der Waals surface area contributed by atoms with Crippen molar-refractivity contribution in [1.82, 2.24) is 19.7 Å². The molecule has 2 N–H and O–H groups in total. The quantitative estimate of drug-likeness (QED) is 0.780. The number of nitrogens with zero attached hydrogens (tertiary/aromatic N) is 3. The molecule has 1 aliphatic heterocycles. The monoisotopic (exact) mass is 313 g/mol. The second-order valence-electron chi connectivity index (χ2n) is 5.58.